The number of carbonyl (C=O) groups excluding carboxylic acids is 1. The van der Waals surface area contributed by atoms with Gasteiger partial charge in [-0.05, 0) is 51.2 Å². The zero-order chi connectivity index (χ0) is 21.5. The Bertz CT molecular complexity index is 843. The number of aromatic nitrogens is 3. The van der Waals surface area contributed by atoms with E-state index in [0.29, 0.717) is 19.3 Å². The molecule has 1 amide bonds. The van der Waals surface area contributed by atoms with Crippen LogP contribution in [0, 0.1) is 6.92 Å². The van der Waals surface area contributed by atoms with Crippen LogP contribution in [-0.2, 0) is 18.3 Å². The standard InChI is InChI=1S/C23H34N4O3/c1-5-6-14-29-23(28)26(3)16-21-19(15-24-27(21)4)20-12-13-22(17(2)25-20)30-18-10-8-7-9-11-18/h12-13,15,18H,5-11,14,16H2,1-4H3. The third-order valence-electron chi connectivity index (χ3n) is 5.64. The minimum atomic E-state index is -0.323. The second-order valence-corrected chi connectivity index (χ2v) is 8.11. The normalized spacial score (nSPS) is 14.5. The highest BCUT2D eigenvalue weighted by atomic mass is 16.6. The van der Waals surface area contributed by atoms with E-state index < -0.39 is 0 Å². The van der Waals surface area contributed by atoms with E-state index >= 15 is 0 Å². The van der Waals surface area contributed by atoms with Crippen LogP contribution in [-0.4, -0.2) is 45.5 Å². The quantitative estimate of drug-likeness (QED) is 0.576. The number of rotatable bonds is 8. The van der Waals surface area contributed by atoms with E-state index in [4.69, 9.17) is 14.5 Å². The Morgan fingerprint density at radius 2 is 2.03 bits per heavy atom. The summed E-state index contributed by atoms with van der Waals surface area (Å²) in [6, 6.07) is 3.98. The molecular weight excluding hydrogens is 380 g/mol. The number of hydrogen-bond donors (Lipinski definition) is 0. The Balaban J connectivity index is 1.71. The molecule has 0 saturated heterocycles. The van der Waals surface area contributed by atoms with Crippen molar-refractivity contribution in [2.75, 3.05) is 13.7 Å². The highest BCUT2D eigenvalue weighted by Gasteiger charge is 2.20. The van der Waals surface area contributed by atoms with Gasteiger partial charge in [-0.2, -0.15) is 5.10 Å². The van der Waals surface area contributed by atoms with Crippen LogP contribution in [0.2, 0.25) is 0 Å². The van der Waals surface area contributed by atoms with Crippen LogP contribution in [0.1, 0.15) is 63.3 Å². The van der Waals surface area contributed by atoms with Gasteiger partial charge in [0, 0.05) is 19.7 Å². The van der Waals surface area contributed by atoms with Crippen molar-refractivity contribution in [2.45, 2.75) is 71.4 Å². The molecule has 1 saturated carbocycles. The van der Waals surface area contributed by atoms with Crippen LogP contribution < -0.4 is 4.74 Å². The van der Waals surface area contributed by atoms with Gasteiger partial charge in [-0.25, -0.2) is 9.78 Å². The molecule has 0 N–H and O–H groups in total. The van der Waals surface area contributed by atoms with Crippen LogP contribution in [0.25, 0.3) is 11.3 Å². The van der Waals surface area contributed by atoms with Crippen LogP contribution in [0.5, 0.6) is 5.75 Å². The van der Waals surface area contributed by atoms with Crippen LogP contribution >= 0.6 is 0 Å². The lowest BCUT2D eigenvalue weighted by molar-refractivity contribution is 0.107. The van der Waals surface area contributed by atoms with E-state index in [1.54, 1.807) is 22.8 Å². The summed E-state index contributed by atoms with van der Waals surface area (Å²) in [6.45, 7) is 4.90. The molecule has 0 bridgehead atoms. The maximum absolute atomic E-state index is 12.2. The Morgan fingerprint density at radius 3 is 2.73 bits per heavy atom. The fourth-order valence-electron chi connectivity index (χ4n) is 3.75. The summed E-state index contributed by atoms with van der Waals surface area (Å²) in [5.41, 5.74) is 3.54. The zero-order valence-electron chi connectivity index (χ0n) is 18.7. The molecule has 0 radical (unpaired) electrons. The molecule has 3 rings (SSSR count). The van der Waals surface area contributed by atoms with Gasteiger partial charge >= 0.3 is 6.09 Å². The summed E-state index contributed by atoms with van der Waals surface area (Å²) in [5.74, 6) is 0.854. The molecule has 2 heterocycles. The first-order valence-electron chi connectivity index (χ1n) is 11.0. The van der Waals surface area contributed by atoms with Crippen molar-refractivity contribution in [3.8, 4) is 17.0 Å². The lowest BCUT2D eigenvalue weighted by Gasteiger charge is -2.23. The minimum absolute atomic E-state index is 0.298. The molecule has 1 fully saturated rings. The number of amides is 1. The number of ether oxygens (including phenoxy) is 2. The lowest BCUT2D eigenvalue weighted by atomic mass is 9.98. The number of carbonyl (C=O) groups is 1. The molecule has 2 aromatic heterocycles. The van der Waals surface area contributed by atoms with Gasteiger partial charge in [-0.3, -0.25) is 4.68 Å². The van der Waals surface area contributed by atoms with Crippen LogP contribution in [0.4, 0.5) is 4.79 Å². The highest BCUT2D eigenvalue weighted by Crippen LogP contribution is 2.29. The zero-order valence-corrected chi connectivity index (χ0v) is 18.7. The molecule has 1 aliphatic rings. The number of hydrogen-bond acceptors (Lipinski definition) is 5. The SMILES string of the molecule is CCCCOC(=O)N(C)Cc1c(-c2ccc(OC3CCCCC3)c(C)n2)cnn1C. The molecule has 0 spiro atoms. The molecule has 164 valence electrons. The number of unbranched alkanes of at least 4 members (excludes halogenated alkanes) is 1. The van der Waals surface area contributed by atoms with Gasteiger partial charge in [0.15, 0.2) is 0 Å². The summed E-state index contributed by atoms with van der Waals surface area (Å²) in [5, 5.41) is 4.39. The fraction of sp³-hybridized carbons (Fsp3) is 0.609. The molecule has 7 heteroatoms. The van der Waals surface area contributed by atoms with E-state index in [1.165, 1.54) is 19.3 Å². The van der Waals surface area contributed by atoms with Gasteiger partial charge < -0.3 is 14.4 Å². The molecule has 2 aromatic rings. The number of aryl methyl sites for hydroxylation is 2. The Kier molecular flexibility index (Phi) is 7.71. The van der Waals surface area contributed by atoms with Gasteiger partial charge in [-0.15, -0.1) is 0 Å². The van der Waals surface area contributed by atoms with Crippen LogP contribution in [0.3, 0.4) is 0 Å². The van der Waals surface area contributed by atoms with Gasteiger partial charge in [-0.1, -0.05) is 19.8 Å². The van der Waals surface area contributed by atoms with Crippen molar-refractivity contribution in [3.05, 3.63) is 29.7 Å². The molecule has 30 heavy (non-hydrogen) atoms. The topological polar surface area (TPSA) is 69.5 Å². The second kappa shape index (κ2) is 10.5. The van der Waals surface area contributed by atoms with Crippen molar-refractivity contribution in [1.82, 2.24) is 19.7 Å². The van der Waals surface area contributed by atoms with Crippen molar-refractivity contribution in [2.24, 2.45) is 7.05 Å². The Hall–Kier alpha value is -2.57. The van der Waals surface area contributed by atoms with E-state index in [-0.39, 0.29) is 6.09 Å². The van der Waals surface area contributed by atoms with E-state index in [2.05, 4.69) is 12.0 Å². The maximum Gasteiger partial charge on any atom is 0.409 e. The Labute approximate surface area is 179 Å². The fourth-order valence-corrected chi connectivity index (χ4v) is 3.75. The summed E-state index contributed by atoms with van der Waals surface area (Å²) >= 11 is 0. The summed E-state index contributed by atoms with van der Waals surface area (Å²) < 4.78 is 13.3. The van der Waals surface area contributed by atoms with Crippen molar-refractivity contribution in [3.63, 3.8) is 0 Å². The van der Waals surface area contributed by atoms with Crippen molar-refractivity contribution in [1.29, 1.82) is 0 Å². The summed E-state index contributed by atoms with van der Waals surface area (Å²) in [4.78, 5) is 18.6. The predicted molar refractivity (Wildman–Crippen MR) is 116 cm³/mol. The first-order chi connectivity index (χ1) is 14.5. The Morgan fingerprint density at radius 1 is 1.27 bits per heavy atom. The van der Waals surface area contributed by atoms with Crippen molar-refractivity contribution >= 4 is 6.09 Å². The summed E-state index contributed by atoms with van der Waals surface area (Å²) in [6.07, 6.45) is 9.66. The van der Waals surface area contributed by atoms with E-state index in [0.717, 1.165) is 54.1 Å². The molecule has 0 atom stereocenters. The largest absolute Gasteiger partial charge is 0.489 e. The predicted octanol–water partition coefficient (Wildman–Crippen LogP) is 4.87. The molecule has 1 aliphatic carbocycles. The molecular formula is C23H34N4O3. The monoisotopic (exact) mass is 414 g/mol. The third kappa shape index (κ3) is 5.52. The first kappa shape index (κ1) is 22.1. The molecule has 0 aromatic carbocycles. The summed E-state index contributed by atoms with van der Waals surface area (Å²) in [7, 11) is 3.62. The lowest BCUT2D eigenvalue weighted by Crippen LogP contribution is -2.28. The second-order valence-electron chi connectivity index (χ2n) is 8.11. The van der Waals surface area contributed by atoms with Gasteiger partial charge in [0.05, 0.1) is 42.5 Å². The molecule has 7 nitrogen and oxygen atoms in total. The molecule has 0 unspecified atom stereocenters. The van der Waals surface area contributed by atoms with Gasteiger partial charge in [0.25, 0.3) is 0 Å². The highest BCUT2D eigenvalue weighted by molar-refractivity contribution is 5.68. The number of pyridine rings is 1. The van der Waals surface area contributed by atoms with Gasteiger partial charge in [0.2, 0.25) is 0 Å². The minimum Gasteiger partial charge on any atom is -0.489 e. The first-order valence-corrected chi connectivity index (χ1v) is 11.0. The maximum atomic E-state index is 12.2. The average molecular weight is 415 g/mol. The van der Waals surface area contributed by atoms with Crippen molar-refractivity contribution < 1.29 is 14.3 Å². The number of nitrogens with zero attached hydrogens (tertiary/aromatic N) is 4. The smallest absolute Gasteiger partial charge is 0.409 e. The third-order valence-corrected chi connectivity index (χ3v) is 5.64. The van der Waals surface area contributed by atoms with Gasteiger partial charge in [0.1, 0.15) is 5.75 Å². The molecule has 0 aliphatic heterocycles. The average Bonchev–Trinajstić information content (AvgIpc) is 3.10. The van der Waals surface area contributed by atoms with Crippen LogP contribution in [0.15, 0.2) is 18.3 Å². The van der Waals surface area contributed by atoms with E-state index in [1.807, 2.05) is 26.1 Å². The van der Waals surface area contributed by atoms with E-state index in [9.17, 15) is 4.79 Å².